The third-order valence-electron chi connectivity index (χ3n) is 6.07. The van der Waals surface area contributed by atoms with Crippen molar-refractivity contribution in [2.75, 3.05) is 25.0 Å². The molecule has 1 amide bonds. The average Bonchev–Trinajstić information content (AvgIpc) is 3.12. The summed E-state index contributed by atoms with van der Waals surface area (Å²) in [4.78, 5) is 37.4. The minimum atomic E-state index is -0.516. The Labute approximate surface area is 203 Å². The van der Waals surface area contributed by atoms with E-state index in [0.717, 1.165) is 34.4 Å². The van der Waals surface area contributed by atoms with E-state index in [0.29, 0.717) is 37.1 Å². The van der Waals surface area contributed by atoms with Gasteiger partial charge in [0, 0.05) is 36.3 Å². The van der Waals surface area contributed by atoms with E-state index in [4.69, 9.17) is 10.6 Å². The van der Waals surface area contributed by atoms with Gasteiger partial charge in [0.2, 0.25) is 5.91 Å². The van der Waals surface area contributed by atoms with Crippen LogP contribution in [-0.2, 0) is 16.1 Å². The summed E-state index contributed by atoms with van der Waals surface area (Å²) in [5, 5.41) is 13.8. The van der Waals surface area contributed by atoms with Gasteiger partial charge in [0.1, 0.15) is 12.8 Å². The molecule has 4 rings (SSSR count). The third-order valence-corrected chi connectivity index (χ3v) is 6.07. The molecule has 35 heavy (non-hydrogen) atoms. The zero-order valence-electron chi connectivity index (χ0n) is 19.6. The number of hydrogen-bond acceptors (Lipinski definition) is 8. The highest BCUT2D eigenvalue weighted by Gasteiger charge is 2.25. The second-order valence-electron chi connectivity index (χ2n) is 8.51. The van der Waals surface area contributed by atoms with Crippen molar-refractivity contribution >= 4 is 23.6 Å². The molecule has 2 heterocycles. The third kappa shape index (κ3) is 5.37. The Balaban J connectivity index is 1.66. The molecule has 1 atom stereocenters. The number of amides is 1. The molecule has 0 spiro atoms. The van der Waals surface area contributed by atoms with E-state index >= 15 is 0 Å². The number of carbonyl (C=O) groups is 2. The van der Waals surface area contributed by atoms with Gasteiger partial charge in [-0.25, -0.2) is 4.79 Å². The lowest BCUT2D eigenvalue weighted by Crippen LogP contribution is -2.35. The van der Waals surface area contributed by atoms with Crippen LogP contribution in [0.15, 0.2) is 57.5 Å². The van der Waals surface area contributed by atoms with E-state index in [-0.39, 0.29) is 25.0 Å². The predicted molar refractivity (Wildman–Crippen MR) is 132 cm³/mol. The van der Waals surface area contributed by atoms with Crippen molar-refractivity contribution in [3.8, 4) is 11.1 Å². The molecule has 0 fully saturated rings. The Hall–Kier alpha value is -4.08. The van der Waals surface area contributed by atoms with Crippen molar-refractivity contribution in [2.45, 2.75) is 39.0 Å². The highest BCUT2D eigenvalue weighted by molar-refractivity contribution is 5.99. The number of fused-ring (bicyclic) bond motifs is 2. The number of nitrogens with two attached hydrogens (primary N) is 1. The molecular weight excluding hydrogens is 448 g/mol. The topological polar surface area (TPSA) is 139 Å². The van der Waals surface area contributed by atoms with Crippen LogP contribution >= 0.6 is 0 Å². The summed E-state index contributed by atoms with van der Waals surface area (Å²) in [5.74, 6) is 4.95. The molecule has 0 saturated carbocycles. The Morgan fingerprint density at radius 2 is 2.00 bits per heavy atom. The monoisotopic (exact) mass is 476 g/mol. The van der Waals surface area contributed by atoms with Gasteiger partial charge in [-0.15, -0.1) is 5.11 Å². The molecule has 2 aliphatic rings. The summed E-state index contributed by atoms with van der Waals surface area (Å²) in [6.07, 6.45) is 2.99. The van der Waals surface area contributed by atoms with Crippen LogP contribution in [0.4, 0.5) is 5.69 Å². The number of nitrogens with zero attached hydrogens (tertiary/aromatic N) is 4. The molecule has 0 bridgehead atoms. The fourth-order valence-electron chi connectivity index (χ4n) is 4.40. The number of esters is 1. The van der Waals surface area contributed by atoms with Gasteiger partial charge < -0.3 is 20.8 Å². The summed E-state index contributed by atoms with van der Waals surface area (Å²) < 4.78 is 5.11. The molecule has 0 aromatic heterocycles. The van der Waals surface area contributed by atoms with Gasteiger partial charge in [0.15, 0.2) is 0 Å². The first kappa shape index (κ1) is 24.1. The summed E-state index contributed by atoms with van der Waals surface area (Å²) in [5.41, 5.74) is 5.57. The molecule has 0 aliphatic carbocycles. The van der Waals surface area contributed by atoms with Crippen LogP contribution in [0.5, 0.6) is 0 Å². The van der Waals surface area contributed by atoms with Crippen molar-refractivity contribution in [3.05, 3.63) is 63.6 Å². The normalized spacial score (nSPS) is 16.5. The molecule has 2 aliphatic heterocycles. The quantitative estimate of drug-likeness (QED) is 0.138. The lowest BCUT2D eigenvalue weighted by atomic mass is 9.98. The number of cyclic esters (lactones) is 1. The highest BCUT2D eigenvalue weighted by Crippen LogP contribution is 2.33. The van der Waals surface area contributed by atoms with E-state index in [1.807, 2.05) is 43.3 Å². The molecular formula is C25H28N6O4. The maximum absolute atomic E-state index is 13.4. The first-order valence-electron chi connectivity index (χ1n) is 11.6. The van der Waals surface area contributed by atoms with Crippen LogP contribution in [0.25, 0.3) is 17.2 Å². The minimum absolute atomic E-state index is 0.100. The Morgan fingerprint density at radius 1 is 1.20 bits per heavy atom. The largest absolute Gasteiger partial charge is 0.457 e. The first-order chi connectivity index (χ1) is 17.0. The molecule has 10 heteroatoms. The van der Waals surface area contributed by atoms with Crippen LogP contribution in [0, 0.1) is 4.91 Å². The van der Waals surface area contributed by atoms with Gasteiger partial charge >= 0.3 is 5.97 Å². The van der Waals surface area contributed by atoms with Gasteiger partial charge in [-0.05, 0) is 53.8 Å². The number of nitrogens with one attached hydrogen (secondary N) is 1. The maximum Gasteiger partial charge on any atom is 0.338 e. The minimum Gasteiger partial charge on any atom is -0.457 e. The van der Waals surface area contributed by atoms with Crippen molar-refractivity contribution in [1.82, 2.24) is 4.90 Å². The van der Waals surface area contributed by atoms with E-state index in [1.165, 1.54) is 0 Å². The standard InChI is InChI=1S/C25H28N6O4/c1-2-9-31(10-3-8-27-34)24(32)19-12-18-5-4-17(13-22(18)28-23(14-19)29-30-26)16-6-7-21-20(11-16)15-35-25(21)33/h4-7,11-13,23,28H,2-3,8-10,14-15H2,1H3,(H2,26,29). The smallest absolute Gasteiger partial charge is 0.338 e. The van der Waals surface area contributed by atoms with Crippen molar-refractivity contribution < 1.29 is 14.3 Å². The molecule has 1 unspecified atom stereocenters. The van der Waals surface area contributed by atoms with Crippen LogP contribution in [0.3, 0.4) is 0 Å². The van der Waals surface area contributed by atoms with Gasteiger partial charge in [0.05, 0.1) is 12.1 Å². The maximum atomic E-state index is 13.4. The fourth-order valence-corrected chi connectivity index (χ4v) is 4.40. The van der Waals surface area contributed by atoms with Crippen molar-refractivity contribution in [1.29, 1.82) is 0 Å². The average molecular weight is 477 g/mol. The summed E-state index contributed by atoms with van der Waals surface area (Å²) >= 11 is 0. The number of anilines is 1. The number of rotatable bonds is 9. The highest BCUT2D eigenvalue weighted by atomic mass is 16.5. The SMILES string of the molecule is CCCN(CCCN=O)C(=O)C1=Cc2ccc(-c3ccc4c(c3)COC4=O)cc2NC(N=NN)C1. The van der Waals surface area contributed by atoms with E-state index < -0.39 is 6.17 Å². The summed E-state index contributed by atoms with van der Waals surface area (Å²) in [6.45, 7) is 3.50. The summed E-state index contributed by atoms with van der Waals surface area (Å²) in [6, 6.07) is 11.5. The van der Waals surface area contributed by atoms with Crippen LogP contribution in [0.2, 0.25) is 0 Å². The number of ether oxygens (including phenoxy) is 1. The number of nitroso groups, excluding NO2 is 1. The molecule has 2 aromatic rings. The molecule has 0 saturated heterocycles. The number of benzene rings is 2. The Bertz CT molecular complexity index is 1190. The molecule has 3 N–H and O–H groups in total. The van der Waals surface area contributed by atoms with Crippen molar-refractivity contribution in [3.63, 3.8) is 0 Å². The van der Waals surface area contributed by atoms with E-state index in [2.05, 4.69) is 20.8 Å². The zero-order chi connectivity index (χ0) is 24.8. The van der Waals surface area contributed by atoms with Crippen LogP contribution in [0.1, 0.15) is 47.7 Å². The molecule has 0 radical (unpaired) electrons. The fraction of sp³-hybridized carbons (Fsp3) is 0.360. The van der Waals surface area contributed by atoms with Gasteiger partial charge in [0.25, 0.3) is 0 Å². The van der Waals surface area contributed by atoms with Gasteiger partial charge in [-0.3, -0.25) is 4.79 Å². The second-order valence-corrected chi connectivity index (χ2v) is 8.51. The first-order valence-corrected chi connectivity index (χ1v) is 11.6. The van der Waals surface area contributed by atoms with Crippen molar-refractivity contribution in [2.24, 2.45) is 21.4 Å². The van der Waals surface area contributed by atoms with E-state index in [1.54, 1.807) is 11.0 Å². The second kappa shape index (κ2) is 10.9. The Kier molecular flexibility index (Phi) is 7.49. The lowest BCUT2D eigenvalue weighted by Gasteiger charge is -2.23. The lowest BCUT2D eigenvalue weighted by molar-refractivity contribution is -0.127. The summed E-state index contributed by atoms with van der Waals surface area (Å²) in [7, 11) is 0. The van der Waals surface area contributed by atoms with Gasteiger partial charge in [-0.1, -0.05) is 35.5 Å². The van der Waals surface area contributed by atoms with Crippen LogP contribution < -0.4 is 11.2 Å². The van der Waals surface area contributed by atoms with Gasteiger partial charge in [-0.2, -0.15) is 4.91 Å². The number of hydrogen-bond donors (Lipinski definition) is 2. The number of carbonyl (C=O) groups excluding carboxylic acids is 2. The zero-order valence-corrected chi connectivity index (χ0v) is 19.6. The predicted octanol–water partition coefficient (Wildman–Crippen LogP) is 4.27. The molecule has 182 valence electrons. The van der Waals surface area contributed by atoms with Crippen LogP contribution in [-0.4, -0.2) is 42.6 Å². The molecule has 10 nitrogen and oxygen atoms in total. The molecule has 2 aromatic carbocycles. The van der Waals surface area contributed by atoms with E-state index in [9.17, 15) is 14.5 Å². The Morgan fingerprint density at radius 3 is 2.77 bits per heavy atom.